The molecule has 0 spiro atoms. The zero-order valence-corrected chi connectivity index (χ0v) is 9.36. The van der Waals surface area contributed by atoms with Gasteiger partial charge in [0.15, 0.2) is 0 Å². The Morgan fingerprint density at radius 3 is 2.71 bits per heavy atom. The van der Waals surface area contributed by atoms with Crippen molar-refractivity contribution >= 4 is 12.4 Å². The van der Waals surface area contributed by atoms with Crippen LogP contribution in [0.5, 0.6) is 0 Å². The van der Waals surface area contributed by atoms with E-state index >= 15 is 0 Å². The number of likely N-dealkylation sites (N-methyl/N-ethyl adjacent to an activating group) is 1. The normalized spacial score (nSPS) is 23.3. The van der Waals surface area contributed by atoms with E-state index in [9.17, 15) is 0 Å². The quantitative estimate of drug-likeness (QED) is 0.826. The molecule has 78 valence electrons. The molecule has 0 bridgehead atoms. The molecular weight excluding hydrogens is 198 g/mol. The number of nitrogens with one attached hydrogen (secondary N) is 1. The molecule has 0 aromatic heterocycles. The number of halogens is 1. The van der Waals surface area contributed by atoms with Gasteiger partial charge in [-0.05, 0) is 18.2 Å². The van der Waals surface area contributed by atoms with Crippen molar-refractivity contribution in [2.24, 2.45) is 0 Å². The van der Waals surface area contributed by atoms with Crippen LogP contribution in [0.4, 0.5) is 0 Å². The first-order chi connectivity index (χ1) is 6.32. The van der Waals surface area contributed by atoms with Crippen LogP contribution in [-0.2, 0) is 16.8 Å². The maximum absolute atomic E-state index is 5.58. The van der Waals surface area contributed by atoms with E-state index < -0.39 is 0 Å². The molecule has 1 atom stereocenters. The third-order valence-corrected chi connectivity index (χ3v) is 2.84. The largest absolute Gasteiger partial charge is 0.372 e. The lowest BCUT2D eigenvalue weighted by Gasteiger charge is -2.42. The number of benzene rings is 1. The van der Waals surface area contributed by atoms with E-state index in [1.165, 1.54) is 11.1 Å². The molecule has 0 heterocycles. The van der Waals surface area contributed by atoms with Gasteiger partial charge >= 0.3 is 0 Å². The SMILES string of the molecule is CNCC1(OC)Cc2ccccc21.Cl. The highest BCUT2D eigenvalue weighted by Gasteiger charge is 2.41. The number of ether oxygens (including phenoxy) is 1. The van der Waals surface area contributed by atoms with Crippen molar-refractivity contribution in [1.29, 1.82) is 0 Å². The van der Waals surface area contributed by atoms with Gasteiger partial charge < -0.3 is 10.1 Å². The van der Waals surface area contributed by atoms with Crippen LogP contribution in [-0.4, -0.2) is 20.7 Å². The van der Waals surface area contributed by atoms with Gasteiger partial charge in [-0.3, -0.25) is 0 Å². The summed E-state index contributed by atoms with van der Waals surface area (Å²) < 4.78 is 5.58. The second kappa shape index (κ2) is 4.30. The predicted octanol–water partition coefficient (Wildman–Crippen LogP) is 1.73. The fourth-order valence-corrected chi connectivity index (χ4v) is 2.11. The van der Waals surface area contributed by atoms with Crippen LogP contribution in [0.15, 0.2) is 24.3 Å². The van der Waals surface area contributed by atoms with Crippen LogP contribution < -0.4 is 5.32 Å². The van der Waals surface area contributed by atoms with Crippen LogP contribution in [0.2, 0.25) is 0 Å². The standard InChI is InChI=1S/C11H15NO.ClH/c1-12-8-11(13-2)7-9-5-3-4-6-10(9)11;/h3-6,12H,7-8H2,1-2H3;1H. The Labute approximate surface area is 91.1 Å². The third kappa shape index (κ3) is 1.54. The Morgan fingerprint density at radius 2 is 2.14 bits per heavy atom. The number of hydrogen-bond acceptors (Lipinski definition) is 2. The average molecular weight is 214 g/mol. The van der Waals surface area contributed by atoms with Crippen molar-refractivity contribution in [2.45, 2.75) is 12.0 Å². The highest BCUT2D eigenvalue weighted by atomic mass is 35.5. The Balaban J connectivity index is 0.000000980. The van der Waals surface area contributed by atoms with Crippen LogP contribution in [0.25, 0.3) is 0 Å². The lowest BCUT2D eigenvalue weighted by atomic mass is 9.73. The van der Waals surface area contributed by atoms with Gasteiger partial charge in [-0.25, -0.2) is 0 Å². The maximum atomic E-state index is 5.58. The molecule has 1 aliphatic rings. The fraction of sp³-hybridized carbons (Fsp3) is 0.455. The molecule has 2 rings (SSSR count). The first kappa shape index (κ1) is 11.5. The summed E-state index contributed by atoms with van der Waals surface area (Å²) in [5.74, 6) is 0. The van der Waals surface area contributed by atoms with Crippen molar-refractivity contribution in [3.63, 3.8) is 0 Å². The molecule has 0 saturated heterocycles. The molecule has 0 aliphatic heterocycles. The Hall–Kier alpha value is -0.570. The zero-order valence-electron chi connectivity index (χ0n) is 8.54. The predicted molar refractivity (Wildman–Crippen MR) is 60.0 cm³/mol. The van der Waals surface area contributed by atoms with Crippen molar-refractivity contribution in [1.82, 2.24) is 5.32 Å². The molecule has 3 heteroatoms. The zero-order chi connectivity index (χ0) is 9.31. The summed E-state index contributed by atoms with van der Waals surface area (Å²) in [4.78, 5) is 0. The highest BCUT2D eigenvalue weighted by molar-refractivity contribution is 5.85. The van der Waals surface area contributed by atoms with Gasteiger partial charge in [-0.2, -0.15) is 0 Å². The summed E-state index contributed by atoms with van der Waals surface area (Å²) in [6.07, 6.45) is 1.03. The molecular formula is C11H16ClNO. The summed E-state index contributed by atoms with van der Waals surface area (Å²) in [5.41, 5.74) is 2.69. The van der Waals surface area contributed by atoms with Gasteiger partial charge in [0.05, 0.1) is 0 Å². The molecule has 0 amide bonds. The fourth-order valence-electron chi connectivity index (χ4n) is 2.11. The Bertz CT molecular complexity index is 316. The van der Waals surface area contributed by atoms with E-state index in [2.05, 4.69) is 29.6 Å². The number of rotatable bonds is 3. The summed E-state index contributed by atoms with van der Waals surface area (Å²) in [7, 11) is 3.75. The molecule has 1 aliphatic carbocycles. The molecule has 1 unspecified atom stereocenters. The van der Waals surface area contributed by atoms with E-state index in [0.29, 0.717) is 0 Å². The van der Waals surface area contributed by atoms with Gasteiger partial charge in [0, 0.05) is 20.1 Å². The molecule has 1 N–H and O–H groups in total. The van der Waals surface area contributed by atoms with E-state index in [4.69, 9.17) is 4.74 Å². The van der Waals surface area contributed by atoms with Crippen molar-refractivity contribution < 1.29 is 4.74 Å². The number of fused-ring (bicyclic) bond motifs is 1. The number of hydrogen-bond donors (Lipinski definition) is 1. The summed E-state index contributed by atoms with van der Waals surface area (Å²) in [5, 5.41) is 3.18. The van der Waals surface area contributed by atoms with E-state index in [0.717, 1.165) is 13.0 Å². The molecule has 0 radical (unpaired) electrons. The van der Waals surface area contributed by atoms with Crippen molar-refractivity contribution in [2.75, 3.05) is 20.7 Å². The first-order valence-electron chi connectivity index (χ1n) is 4.60. The van der Waals surface area contributed by atoms with Gasteiger partial charge in [0.2, 0.25) is 0 Å². The minimum Gasteiger partial charge on any atom is -0.372 e. The van der Waals surface area contributed by atoms with Crippen molar-refractivity contribution in [3.05, 3.63) is 35.4 Å². The Kier molecular flexibility index (Phi) is 3.53. The average Bonchev–Trinajstić information content (AvgIpc) is 2.14. The minimum absolute atomic E-state index is 0. The Morgan fingerprint density at radius 1 is 1.43 bits per heavy atom. The second-order valence-corrected chi connectivity index (χ2v) is 3.56. The van der Waals surface area contributed by atoms with E-state index in [1.54, 1.807) is 7.11 Å². The van der Waals surface area contributed by atoms with Crippen LogP contribution in [0, 0.1) is 0 Å². The lowest BCUT2D eigenvalue weighted by molar-refractivity contribution is -0.0324. The molecule has 2 nitrogen and oxygen atoms in total. The molecule has 14 heavy (non-hydrogen) atoms. The topological polar surface area (TPSA) is 21.3 Å². The number of methoxy groups -OCH3 is 1. The highest BCUT2D eigenvalue weighted by Crippen LogP contribution is 2.40. The minimum atomic E-state index is -0.0641. The molecule has 0 saturated carbocycles. The first-order valence-corrected chi connectivity index (χ1v) is 4.60. The van der Waals surface area contributed by atoms with E-state index in [-0.39, 0.29) is 18.0 Å². The van der Waals surface area contributed by atoms with Gasteiger partial charge in [-0.15, -0.1) is 12.4 Å². The maximum Gasteiger partial charge on any atom is 0.109 e. The van der Waals surface area contributed by atoms with Gasteiger partial charge in [0.25, 0.3) is 0 Å². The molecule has 1 aromatic rings. The summed E-state index contributed by atoms with van der Waals surface area (Å²) >= 11 is 0. The van der Waals surface area contributed by atoms with Crippen LogP contribution in [0.3, 0.4) is 0 Å². The van der Waals surface area contributed by atoms with Gasteiger partial charge in [0.1, 0.15) is 5.60 Å². The monoisotopic (exact) mass is 213 g/mol. The van der Waals surface area contributed by atoms with Crippen molar-refractivity contribution in [3.8, 4) is 0 Å². The van der Waals surface area contributed by atoms with E-state index in [1.807, 2.05) is 7.05 Å². The molecule has 1 aromatic carbocycles. The third-order valence-electron chi connectivity index (χ3n) is 2.84. The van der Waals surface area contributed by atoms with Crippen LogP contribution >= 0.6 is 12.4 Å². The second-order valence-electron chi connectivity index (χ2n) is 3.56. The van der Waals surface area contributed by atoms with Crippen LogP contribution in [0.1, 0.15) is 11.1 Å². The lowest BCUT2D eigenvalue weighted by Crippen LogP contribution is -2.47. The molecule has 0 fully saturated rings. The van der Waals surface area contributed by atoms with Gasteiger partial charge in [-0.1, -0.05) is 24.3 Å². The summed E-state index contributed by atoms with van der Waals surface area (Å²) in [6.45, 7) is 0.889. The smallest absolute Gasteiger partial charge is 0.109 e. The summed E-state index contributed by atoms with van der Waals surface area (Å²) in [6, 6.07) is 8.47.